The monoisotopic (exact) mass is 310 g/mol. The van der Waals surface area contributed by atoms with Crippen LogP contribution in [0.2, 0.25) is 0 Å². The summed E-state index contributed by atoms with van der Waals surface area (Å²) in [7, 11) is 0. The number of benzene rings is 1. The third-order valence-electron chi connectivity index (χ3n) is 3.93. The molecule has 2 amide bonds. The number of aromatic nitrogens is 1. The van der Waals surface area contributed by atoms with Crippen LogP contribution in [0.3, 0.4) is 0 Å². The smallest absolute Gasteiger partial charge is 0.319 e. The summed E-state index contributed by atoms with van der Waals surface area (Å²) in [5.74, 6) is 0.766. The first kappa shape index (κ1) is 15.3. The number of para-hydroxylation sites is 1. The van der Waals surface area contributed by atoms with Gasteiger partial charge in [0.05, 0.1) is 11.9 Å². The fourth-order valence-corrected chi connectivity index (χ4v) is 2.45. The number of amides is 2. The van der Waals surface area contributed by atoms with Gasteiger partial charge in [0.15, 0.2) is 0 Å². The Morgan fingerprint density at radius 3 is 2.74 bits per heavy atom. The maximum absolute atomic E-state index is 11.7. The Morgan fingerprint density at radius 1 is 1.26 bits per heavy atom. The molecule has 1 aliphatic rings. The molecule has 1 fully saturated rings. The lowest BCUT2D eigenvalue weighted by Crippen LogP contribution is -2.30. The van der Waals surface area contributed by atoms with Crippen molar-refractivity contribution in [2.75, 3.05) is 10.6 Å². The standard InChI is InChI=1S/C18H22N4O/c1-3-13-6-4-5-12(2)17(13)22-16-10-9-15(11-19-16)21-18(23)20-14-7-8-14/h4-6,9-11,14H,3,7-8H2,1-2H3,(H,19,22)(H2,20,21,23). The van der Waals surface area contributed by atoms with Crippen molar-refractivity contribution < 1.29 is 4.79 Å². The summed E-state index contributed by atoms with van der Waals surface area (Å²) in [5, 5.41) is 9.06. The highest BCUT2D eigenvalue weighted by molar-refractivity contribution is 5.89. The summed E-state index contributed by atoms with van der Waals surface area (Å²) in [5.41, 5.74) is 4.25. The number of pyridine rings is 1. The van der Waals surface area contributed by atoms with E-state index >= 15 is 0 Å². The van der Waals surface area contributed by atoms with Gasteiger partial charge in [-0.25, -0.2) is 9.78 Å². The zero-order valence-electron chi connectivity index (χ0n) is 13.5. The Balaban J connectivity index is 1.66. The highest BCUT2D eigenvalue weighted by atomic mass is 16.2. The average Bonchev–Trinajstić information content (AvgIpc) is 3.35. The quantitative estimate of drug-likeness (QED) is 0.782. The van der Waals surface area contributed by atoms with Crippen LogP contribution in [0.15, 0.2) is 36.5 Å². The van der Waals surface area contributed by atoms with Crippen molar-refractivity contribution in [2.45, 2.75) is 39.2 Å². The first-order valence-corrected chi connectivity index (χ1v) is 8.05. The Morgan fingerprint density at radius 2 is 2.09 bits per heavy atom. The van der Waals surface area contributed by atoms with Gasteiger partial charge in [-0.15, -0.1) is 0 Å². The predicted octanol–water partition coefficient (Wildman–Crippen LogP) is 3.98. The van der Waals surface area contributed by atoms with Gasteiger partial charge in [-0.1, -0.05) is 25.1 Å². The minimum atomic E-state index is -0.165. The van der Waals surface area contributed by atoms with Crippen LogP contribution < -0.4 is 16.0 Å². The summed E-state index contributed by atoms with van der Waals surface area (Å²) >= 11 is 0. The third-order valence-corrected chi connectivity index (χ3v) is 3.93. The summed E-state index contributed by atoms with van der Waals surface area (Å²) in [6, 6.07) is 10.2. The number of urea groups is 1. The molecule has 1 saturated carbocycles. The number of carbonyl (C=O) groups is 1. The van der Waals surface area contributed by atoms with Crippen molar-refractivity contribution >= 4 is 23.2 Å². The molecule has 1 aliphatic carbocycles. The Bertz CT molecular complexity index is 693. The molecule has 0 bridgehead atoms. The van der Waals surface area contributed by atoms with E-state index in [1.165, 1.54) is 11.1 Å². The van der Waals surface area contributed by atoms with Gasteiger partial charge in [0.2, 0.25) is 0 Å². The first-order chi connectivity index (χ1) is 11.2. The van der Waals surface area contributed by atoms with Crippen LogP contribution >= 0.6 is 0 Å². The normalized spacial score (nSPS) is 13.5. The molecule has 3 rings (SSSR count). The fourth-order valence-electron chi connectivity index (χ4n) is 2.45. The fraction of sp³-hybridized carbons (Fsp3) is 0.333. The van der Waals surface area contributed by atoms with Crippen LogP contribution in [0.1, 0.15) is 30.9 Å². The molecule has 5 nitrogen and oxygen atoms in total. The molecule has 0 saturated heterocycles. The number of nitrogens with one attached hydrogen (secondary N) is 3. The average molecular weight is 310 g/mol. The summed E-state index contributed by atoms with van der Waals surface area (Å²) in [4.78, 5) is 16.1. The van der Waals surface area contributed by atoms with E-state index < -0.39 is 0 Å². The van der Waals surface area contributed by atoms with Crippen molar-refractivity contribution in [2.24, 2.45) is 0 Å². The van der Waals surface area contributed by atoms with E-state index in [1.807, 2.05) is 12.1 Å². The lowest BCUT2D eigenvalue weighted by molar-refractivity contribution is 0.251. The highest BCUT2D eigenvalue weighted by Crippen LogP contribution is 2.25. The van der Waals surface area contributed by atoms with Gasteiger partial charge in [-0.3, -0.25) is 0 Å². The number of nitrogens with zero attached hydrogens (tertiary/aromatic N) is 1. The first-order valence-electron chi connectivity index (χ1n) is 8.05. The highest BCUT2D eigenvalue weighted by Gasteiger charge is 2.23. The van der Waals surface area contributed by atoms with Crippen molar-refractivity contribution in [1.82, 2.24) is 10.3 Å². The van der Waals surface area contributed by atoms with E-state index in [2.05, 4.69) is 53.0 Å². The molecule has 23 heavy (non-hydrogen) atoms. The van der Waals surface area contributed by atoms with E-state index in [4.69, 9.17) is 0 Å². The van der Waals surface area contributed by atoms with Crippen molar-refractivity contribution in [3.8, 4) is 0 Å². The van der Waals surface area contributed by atoms with Crippen LogP contribution in [0.4, 0.5) is 22.0 Å². The summed E-state index contributed by atoms with van der Waals surface area (Å²) in [6.07, 6.45) is 4.78. The van der Waals surface area contributed by atoms with Crippen molar-refractivity contribution in [3.05, 3.63) is 47.7 Å². The zero-order valence-corrected chi connectivity index (χ0v) is 13.5. The van der Waals surface area contributed by atoms with E-state index in [9.17, 15) is 4.79 Å². The topological polar surface area (TPSA) is 66.0 Å². The molecule has 0 atom stereocenters. The molecule has 0 spiro atoms. The molecular weight excluding hydrogens is 288 g/mol. The number of carbonyl (C=O) groups excluding carboxylic acids is 1. The second-order valence-electron chi connectivity index (χ2n) is 5.89. The molecule has 120 valence electrons. The molecule has 1 aromatic heterocycles. The summed E-state index contributed by atoms with van der Waals surface area (Å²) < 4.78 is 0. The second-order valence-corrected chi connectivity index (χ2v) is 5.89. The van der Waals surface area contributed by atoms with Gasteiger partial charge < -0.3 is 16.0 Å². The third kappa shape index (κ3) is 4.00. The van der Waals surface area contributed by atoms with Crippen LogP contribution in [-0.4, -0.2) is 17.1 Å². The molecular formula is C18H22N4O. The van der Waals surface area contributed by atoms with Gasteiger partial charge in [-0.05, 0) is 49.4 Å². The molecule has 0 aliphatic heterocycles. The largest absolute Gasteiger partial charge is 0.340 e. The van der Waals surface area contributed by atoms with E-state index in [1.54, 1.807) is 6.20 Å². The van der Waals surface area contributed by atoms with Crippen LogP contribution in [0.25, 0.3) is 0 Å². The predicted molar refractivity (Wildman–Crippen MR) is 93.3 cm³/mol. The maximum Gasteiger partial charge on any atom is 0.319 e. The van der Waals surface area contributed by atoms with Gasteiger partial charge >= 0.3 is 6.03 Å². The minimum Gasteiger partial charge on any atom is -0.340 e. The molecule has 3 N–H and O–H groups in total. The van der Waals surface area contributed by atoms with Crippen LogP contribution in [0, 0.1) is 6.92 Å². The van der Waals surface area contributed by atoms with E-state index in [0.29, 0.717) is 11.7 Å². The molecule has 0 unspecified atom stereocenters. The Kier molecular flexibility index (Phi) is 4.46. The minimum absolute atomic E-state index is 0.165. The van der Waals surface area contributed by atoms with Gasteiger partial charge in [0.25, 0.3) is 0 Å². The number of hydrogen-bond donors (Lipinski definition) is 3. The summed E-state index contributed by atoms with van der Waals surface area (Å²) in [6.45, 7) is 4.22. The van der Waals surface area contributed by atoms with Crippen LogP contribution in [-0.2, 0) is 6.42 Å². The number of aryl methyl sites for hydroxylation is 2. The number of anilines is 3. The molecule has 2 aromatic rings. The second kappa shape index (κ2) is 6.69. The Hall–Kier alpha value is -2.56. The molecule has 1 heterocycles. The Labute approximate surface area is 136 Å². The number of rotatable bonds is 5. The van der Waals surface area contributed by atoms with Gasteiger partial charge in [-0.2, -0.15) is 0 Å². The molecule has 1 aromatic carbocycles. The lowest BCUT2D eigenvalue weighted by Gasteiger charge is -2.14. The lowest BCUT2D eigenvalue weighted by atomic mass is 10.1. The molecule has 0 radical (unpaired) electrons. The maximum atomic E-state index is 11.7. The van der Waals surface area contributed by atoms with Crippen molar-refractivity contribution in [3.63, 3.8) is 0 Å². The van der Waals surface area contributed by atoms with E-state index in [0.717, 1.165) is 30.8 Å². The van der Waals surface area contributed by atoms with Crippen LogP contribution in [0.5, 0.6) is 0 Å². The zero-order chi connectivity index (χ0) is 16.2. The SMILES string of the molecule is CCc1cccc(C)c1Nc1ccc(NC(=O)NC2CC2)cn1. The van der Waals surface area contributed by atoms with Gasteiger partial charge in [0.1, 0.15) is 5.82 Å². The van der Waals surface area contributed by atoms with Crippen molar-refractivity contribution in [1.29, 1.82) is 0 Å². The molecule has 5 heteroatoms. The number of hydrogen-bond acceptors (Lipinski definition) is 3. The van der Waals surface area contributed by atoms with Gasteiger partial charge in [0, 0.05) is 11.7 Å². The van der Waals surface area contributed by atoms with E-state index in [-0.39, 0.29) is 6.03 Å².